The van der Waals surface area contributed by atoms with E-state index in [-0.39, 0.29) is 6.04 Å². The quantitative estimate of drug-likeness (QED) is 0.648. The number of nitrogens with two attached hydrogens (primary N) is 1. The van der Waals surface area contributed by atoms with Crippen molar-refractivity contribution < 1.29 is 4.42 Å². The summed E-state index contributed by atoms with van der Waals surface area (Å²) >= 11 is 6.13. The van der Waals surface area contributed by atoms with Crippen molar-refractivity contribution in [2.75, 3.05) is 0 Å². The van der Waals surface area contributed by atoms with Gasteiger partial charge in [0.05, 0.1) is 12.3 Å². The molecule has 3 nitrogen and oxygen atoms in total. The van der Waals surface area contributed by atoms with Crippen LogP contribution in [0.25, 0.3) is 0 Å². The molecule has 0 aliphatic heterocycles. The monoisotopic (exact) mass is 250 g/mol. The predicted molar refractivity (Wildman–Crippen MR) is 68.7 cm³/mol. The Bertz CT molecular complexity index is 496. The standard InChI is InChI=1S/C13H15ClN2O/c1-9-11(6-7-17-9)13(16-15)8-10-4-2-3-5-12(10)14/h2-7,13,16H,8,15H2,1H3. The van der Waals surface area contributed by atoms with Crippen LogP contribution in [0.2, 0.25) is 5.02 Å². The van der Waals surface area contributed by atoms with Crippen LogP contribution in [0.5, 0.6) is 0 Å². The topological polar surface area (TPSA) is 51.2 Å². The third-order valence-corrected chi connectivity index (χ3v) is 3.23. The van der Waals surface area contributed by atoms with Gasteiger partial charge in [0, 0.05) is 10.6 Å². The zero-order valence-electron chi connectivity index (χ0n) is 9.61. The highest BCUT2D eigenvalue weighted by Crippen LogP contribution is 2.25. The summed E-state index contributed by atoms with van der Waals surface area (Å²) in [5.74, 6) is 6.47. The molecule has 0 aliphatic carbocycles. The summed E-state index contributed by atoms with van der Waals surface area (Å²) in [4.78, 5) is 0. The maximum Gasteiger partial charge on any atom is 0.105 e. The molecule has 0 aliphatic rings. The number of hydrazine groups is 1. The summed E-state index contributed by atoms with van der Waals surface area (Å²) in [5, 5.41) is 0.758. The second-order valence-electron chi connectivity index (χ2n) is 3.95. The molecule has 1 atom stereocenters. The molecule has 2 rings (SSSR count). The van der Waals surface area contributed by atoms with Crippen LogP contribution in [0.1, 0.15) is 22.9 Å². The van der Waals surface area contributed by atoms with Crippen molar-refractivity contribution >= 4 is 11.6 Å². The van der Waals surface area contributed by atoms with E-state index in [1.54, 1.807) is 6.26 Å². The van der Waals surface area contributed by atoms with Gasteiger partial charge in [-0.25, -0.2) is 0 Å². The first-order chi connectivity index (χ1) is 8.22. The summed E-state index contributed by atoms with van der Waals surface area (Å²) in [6.07, 6.45) is 2.40. The molecule has 90 valence electrons. The summed E-state index contributed by atoms with van der Waals surface area (Å²) in [6, 6.07) is 9.70. The van der Waals surface area contributed by atoms with Crippen molar-refractivity contribution in [2.24, 2.45) is 5.84 Å². The molecule has 1 aromatic carbocycles. The predicted octanol–water partition coefficient (Wildman–Crippen LogP) is 2.99. The normalized spacial score (nSPS) is 12.6. The van der Waals surface area contributed by atoms with Crippen LogP contribution in [0, 0.1) is 6.92 Å². The summed E-state index contributed by atoms with van der Waals surface area (Å²) in [6.45, 7) is 1.92. The number of rotatable bonds is 4. The van der Waals surface area contributed by atoms with Gasteiger partial charge in [-0.15, -0.1) is 0 Å². The van der Waals surface area contributed by atoms with Crippen molar-refractivity contribution in [1.82, 2.24) is 5.43 Å². The number of nitrogens with one attached hydrogen (secondary N) is 1. The van der Waals surface area contributed by atoms with Gasteiger partial charge in [-0.3, -0.25) is 11.3 Å². The summed E-state index contributed by atoms with van der Waals surface area (Å²) < 4.78 is 5.29. The molecule has 0 bridgehead atoms. The molecular formula is C13H15ClN2O. The van der Waals surface area contributed by atoms with E-state index in [1.807, 2.05) is 37.3 Å². The Morgan fingerprint density at radius 1 is 1.35 bits per heavy atom. The lowest BCUT2D eigenvalue weighted by Gasteiger charge is -2.16. The van der Waals surface area contributed by atoms with E-state index in [9.17, 15) is 0 Å². The largest absolute Gasteiger partial charge is 0.469 e. The fraction of sp³-hybridized carbons (Fsp3) is 0.231. The third kappa shape index (κ3) is 2.69. The molecule has 0 fully saturated rings. The van der Waals surface area contributed by atoms with Crippen LogP contribution < -0.4 is 11.3 Å². The second-order valence-corrected chi connectivity index (χ2v) is 4.35. The SMILES string of the molecule is Cc1occc1C(Cc1ccccc1Cl)NN. The molecule has 3 N–H and O–H groups in total. The van der Waals surface area contributed by atoms with E-state index in [0.717, 1.165) is 28.3 Å². The lowest BCUT2D eigenvalue weighted by atomic mass is 10.00. The van der Waals surface area contributed by atoms with Crippen LogP contribution in [0.15, 0.2) is 41.0 Å². The fourth-order valence-corrected chi connectivity index (χ4v) is 2.11. The lowest BCUT2D eigenvalue weighted by Crippen LogP contribution is -2.29. The van der Waals surface area contributed by atoms with E-state index < -0.39 is 0 Å². The molecule has 2 aromatic rings. The second kappa shape index (κ2) is 5.36. The summed E-state index contributed by atoms with van der Waals surface area (Å²) in [7, 11) is 0. The average Bonchev–Trinajstić information content (AvgIpc) is 2.75. The van der Waals surface area contributed by atoms with Crippen molar-refractivity contribution in [3.63, 3.8) is 0 Å². The van der Waals surface area contributed by atoms with Crippen molar-refractivity contribution in [1.29, 1.82) is 0 Å². The van der Waals surface area contributed by atoms with Gasteiger partial charge in [0.15, 0.2) is 0 Å². The minimum Gasteiger partial charge on any atom is -0.469 e. The van der Waals surface area contributed by atoms with Crippen LogP contribution in [-0.4, -0.2) is 0 Å². The lowest BCUT2D eigenvalue weighted by molar-refractivity contribution is 0.502. The van der Waals surface area contributed by atoms with Crippen LogP contribution in [0.3, 0.4) is 0 Å². The zero-order valence-corrected chi connectivity index (χ0v) is 10.4. The Labute approximate surface area is 106 Å². The molecular weight excluding hydrogens is 236 g/mol. The van der Waals surface area contributed by atoms with E-state index in [2.05, 4.69) is 5.43 Å². The number of hydrogen-bond donors (Lipinski definition) is 2. The molecule has 1 unspecified atom stereocenters. The van der Waals surface area contributed by atoms with Crippen molar-refractivity contribution in [3.8, 4) is 0 Å². The maximum absolute atomic E-state index is 6.13. The van der Waals surface area contributed by atoms with Gasteiger partial charge in [0.2, 0.25) is 0 Å². The van der Waals surface area contributed by atoms with Gasteiger partial charge in [0.25, 0.3) is 0 Å². The van der Waals surface area contributed by atoms with E-state index in [1.165, 1.54) is 0 Å². The van der Waals surface area contributed by atoms with Crippen LogP contribution >= 0.6 is 11.6 Å². The van der Waals surface area contributed by atoms with Gasteiger partial charge < -0.3 is 4.42 Å². The number of halogens is 1. The highest BCUT2D eigenvalue weighted by atomic mass is 35.5. The average molecular weight is 251 g/mol. The Morgan fingerprint density at radius 3 is 2.71 bits per heavy atom. The first kappa shape index (κ1) is 12.2. The van der Waals surface area contributed by atoms with Crippen molar-refractivity contribution in [3.05, 3.63) is 58.5 Å². The molecule has 0 amide bonds. The van der Waals surface area contributed by atoms with E-state index >= 15 is 0 Å². The van der Waals surface area contributed by atoms with Crippen LogP contribution in [0.4, 0.5) is 0 Å². The van der Waals surface area contributed by atoms with Gasteiger partial charge >= 0.3 is 0 Å². The van der Waals surface area contributed by atoms with Crippen molar-refractivity contribution in [2.45, 2.75) is 19.4 Å². The van der Waals surface area contributed by atoms with E-state index in [4.69, 9.17) is 21.9 Å². The Morgan fingerprint density at radius 2 is 2.12 bits per heavy atom. The Balaban J connectivity index is 2.22. The number of aryl methyl sites for hydroxylation is 1. The molecule has 1 heterocycles. The summed E-state index contributed by atoms with van der Waals surface area (Å²) in [5.41, 5.74) is 4.93. The highest BCUT2D eigenvalue weighted by molar-refractivity contribution is 6.31. The smallest absolute Gasteiger partial charge is 0.105 e. The van der Waals surface area contributed by atoms with E-state index in [0.29, 0.717) is 0 Å². The molecule has 17 heavy (non-hydrogen) atoms. The number of furan rings is 1. The highest BCUT2D eigenvalue weighted by Gasteiger charge is 2.16. The molecule has 1 aromatic heterocycles. The fourth-order valence-electron chi connectivity index (χ4n) is 1.90. The zero-order chi connectivity index (χ0) is 12.3. The first-order valence-electron chi connectivity index (χ1n) is 5.46. The van der Waals surface area contributed by atoms with Gasteiger partial charge in [0.1, 0.15) is 5.76 Å². The maximum atomic E-state index is 6.13. The van der Waals surface area contributed by atoms with Gasteiger partial charge in [-0.2, -0.15) is 0 Å². The first-order valence-corrected chi connectivity index (χ1v) is 5.83. The van der Waals surface area contributed by atoms with Gasteiger partial charge in [-0.1, -0.05) is 29.8 Å². The minimum absolute atomic E-state index is 0.00801. The Kier molecular flexibility index (Phi) is 3.84. The molecule has 0 radical (unpaired) electrons. The minimum atomic E-state index is 0.00801. The van der Waals surface area contributed by atoms with Gasteiger partial charge in [-0.05, 0) is 31.0 Å². The molecule has 0 saturated heterocycles. The Hall–Kier alpha value is -1.29. The number of hydrogen-bond acceptors (Lipinski definition) is 3. The third-order valence-electron chi connectivity index (χ3n) is 2.86. The molecule has 0 saturated carbocycles. The molecule has 4 heteroatoms. The van der Waals surface area contributed by atoms with Crippen LogP contribution in [-0.2, 0) is 6.42 Å². The molecule has 0 spiro atoms. The number of benzene rings is 1.